The molecule has 78 valence electrons. The second-order valence-electron chi connectivity index (χ2n) is 4.07. The maximum Gasteiger partial charge on any atom is 0.0639 e. The molecule has 1 unspecified atom stereocenters. The van der Waals surface area contributed by atoms with Crippen molar-refractivity contribution in [2.24, 2.45) is 5.92 Å². The monoisotopic (exact) mass is 187 g/mol. The molecule has 2 atom stereocenters. The van der Waals surface area contributed by atoms with E-state index in [0.29, 0.717) is 5.92 Å². The van der Waals surface area contributed by atoms with Crippen LogP contribution in [0.3, 0.4) is 0 Å². The number of rotatable bonds is 4. The third kappa shape index (κ3) is 4.07. The molecule has 0 aliphatic carbocycles. The zero-order valence-electron chi connectivity index (χ0n) is 8.70. The summed E-state index contributed by atoms with van der Waals surface area (Å²) in [6, 6.07) is 0. The Kier molecular flexibility index (Phi) is 4.70. The van der Waals surface area contributed by atoms with Crippen LogP contribution in [0.15, 0.2) is 0 Å². The number of nitrogens with zero attached hydrogens (tertiary/aromatic N) is 1. The molecule has 13 heavy (non-hydrogen) atoms. The van der Waals surface area contributed by atoms with Crippen molar-refractivity contribution < 1.29 is 9.84 Å². The molecule has 0 amide bonds. The smallest absolute Gasteiger partial charge is 0.0639 e. The zero-order valence-corrected chi connectivity index (χ0v) is 8.70. The van der Waals surface area contributed by atoms with Crippen molar-refractivity contribution in [3.8, 4) is 0 Å². The van der Waals surface area contributed by atoms with E-state index in [9.17, 15) is 5.11 Å². The minimum atomic E-state index is -0.207. The van der Waals surface area contributed by atoms with Gasteiger partial charge in [0.1, 0.15) is 0 Å². The average Bonchev–Trinajstić information content (AvgIpc) is 2.04. The molecule has 1 fully saturated rings. The number of ether oxygens (including phenoxy) is 1. The Morgan fingerprint density at radius 3 is 3.00 bits per heavy atom. The predicted molar refractivity (Wildman–Crippen MR) is 52.7 cm³/mol. The Hall–Kier alpha value is -0.120. The largest absolute Gasteiger partial charge is 0.392 e. The van der Waals surface area contributed by atoms with Gasteiger partial charge in [-0.3, -0.25) is 0 Å². The fourth-order valence-corrected chi connectivity index (χ4v) is 2.06. The van der Waals surface area contributed by atoms with Crippen LogP contribution in [0, 0.1) is 5.92 Å². The van der Waals surface area contributed by atoms with Gasteiger partial charge in [-0.1, -0.05) is 0 Å². The summed E-state index contributed by atoms with van der Waals surface area (Å²) in [7, 11) is 1.76. The quantitative estimate of drug-likeness (QED) is 0.704. The van der Waals surface area contributed by atoms with Crippen LogP contribution in [0.4, 0.5) is 0 Å². The van der Waals surface area contributed by atoms with Crippen LogP contribution in [0.25, 0.3) is 0 Å². The maximum atomic E-state index is 9.25. The topological polar surface area (TPSA) is 32.7 Å². The number of methoxy groups -OCH3 is 1. The molecule has 0 radical (unpaired) electrons. The molecular formula is C10H21NO2. The van der Waals surface area contributed by atoms with Gasteiger partial charge in [0.15, 0.2) is 0 Å². The first kappa shape index (κ1) is 11.0. The van der Waals surface area contributed by atoms with Gasteiger partial charge in [0, 0.05) is 20.2 Å². The maximum absolute atomic E-state index is 9.25. The van der Waals surface area contributed by atoms with E-state index < -0.39 is 0 Å². The lowest BCUT2D eigenvalue weighted by Crippen LogP contribution is -2.40. The van der Waals surface area contributed by atoms with E-state index in [1.54, 1.807) is 7.11 Å². The van der Waals surface area contributed by atoms with E-state index in [0.717, 1.165) is 26.2 Å². The summed E-state index contributed by atoms with van der Waals surface area (Å²) in [6.07, 6.45) is 2.30. The van der Waals surface area contributed by atoms with Crippen molar-refractivity contribution in [2.45, 2.75) is 25.9 Å². The van der Waals surface area contributed by atoms with Crippen molar-refractivity contribution in [2.75, 3.05) is 33.4 Å². The van der Waals surface area contributed by atoms with E-state index in [2.05, 4.69) is 4.90 Å². The van der Waals surface area contributed by atoms with Gasteiger partial charge < -0.3 is 14.7 Å². The minimum absolute atomic E-state index is 0.207. The lowest BCUT2D eigenvalue weighted by atomic mass is 9.99. The molecule has 0 saturated carbocycles. The molecule has 3 heteroatoms. The first-order valence-corrected chi connectivity index (χ1v) is 5.11. The Balaban J connectivity index is 2.24. The van der Waals surface area contributed by atoms with Crippen LogP contribution < -0.4 is 0 Å². The van der Waals surface area contributed by atoms with E-state index >= 15 is 0 Å². The van der Waals surface area contributed by atoms with E-state index in [1.807, 2.05) is 6.92 Å². The Labute approximate surface area is 80.7 Å². The van der Waals surface area contributed by atoms with Gasteiger partial charge in [0.2, 0.25) is 0 Å². The number of hydrogen-bond donors (Lipinski definition) is 1. The first-order valence-electron chi connectivity index (χ1n) is 5.11. The summed E-state index contributed by atoms with van der Waals surface area (Å²) in [5.41, 5.74) is 0. The number of β-amino-alcohol motifs (C(OH)–C–C–N with tert-alkyl or cyclic N) is 1. The van der Waals surface area contributed by atoms with Crippen LogP contribution in [0.5, 0.6) is 0 Å². The van der Waals surface area contributed by atoms with Crippen LogP contribution in [-0.2, 0) is 4.74 Å². The number of hydrogen-bond acceptors (Lipinski definition) is 3. The molecule has 1 N–H and O–H groups in total. The molecule has 1 aliphatic heterocycles. The average molecular weight is 187 g/mol. The molecule has 0 aromatic rings. The first-order chi connectivity index (χ1) is 6.22. The van der Waals surface area contributed by atoms with Gasteiger partial charge in [-0.25, -0.2) is 0 Å². The minimum Gasteiger partial charge on any atom is -0.392 e. The highest BCUT2D eigenvalue weighted by Crippen LogP contribution is 2.16. The summed E-state index contributed by atoms with van der Waals surface area (Å²) in [5, 5.41) is 9.25. The highest BCUT2D eigenvalue weighted by atomic mass is 16.5. The molecular weight excluding hydrogens is 166 g/mol. The number of piperidine rings is 1. The van der Waals surface area contributed by atoms with Crippen molar-refractivity contribution in [1.82, 2.24) is 4.90 Å². The van der Waals surface area contributed by atoms with Crippen molar-refractivity contribution in [1.29, 1.82) is 0 Å². The zero-order chi connectivity index (χ0) is 9.68. The normalized spacial score (nSPS) is 27.5. The van der Waals surface area contributed by atoms with Crippen molar-refractivity contribution >= 4 is 0 Å². The molecule has 0 aromatic heterocycles. The highest BCUT2D eigenvalue weighted by molar-refractivity contribution is 4.73. The van der Waals surface area contributed by atoms with Gasteiger partial charge in [0.25, 0.3) is 0 Å². The summed E-state index contributed by atoms with van der Waals surface area (Å²) in [5.74, 6) is 0.664. The Morgan fingerprint density at radius 2 is 2.38 bits per heavy atom. The standard InChI is InChI=1S/C10H21NO2/c1-9(12)6-11-5-3-4-10(7-11)8-13-2/h9-10,12H,3-8H2,1-2H3/t9-,10?/m0/s1. The van der Waals surface area contributed by atoms with Crippen LogP contribution >= 0.6 is 0 Å². The summed E-state index contributed by atoms with van der Waals surface area (Å²) >= 11 is 0. The predicted octanol–water partition coefficient (Wildman–Crippen LogP) is 0.726. The fourth-order valence-electron chi connectivity index (χ4n) is 2.06. The van der Waals surface area contributed by atoms with E-state index in [-0.39, 0.29) is 6.10 Å². The molecule has 3 nitrogen and oxygen atoms in total. The molecule has 0 bridgehead atoms. The third-order valence-electron chi connectivity index (χ3n) is 2.53. The number of likely N-dealkylation sites (tertiary alicyclic amines) is 1. The van der Waals surface area contributed by atoms with Gasteiger partial charge in [-0.2, -0.15) is 0 Å². The molecule has 1 aliphatic rings. The highest BCUT2D eigenvalue weighted by Gasteiger charge is 2.20. The molecule has 0 spiro atoms. The lowest BCUT2D eigenvalue weighted by molar-refractivity contribution is 0.0620. The fraction of sp³-hybridized carbons (Fsp3) is 1.00. The third-order valence-corrected chi connectivity index (χ3v) is 2.53. The number of aliphatic hydroxyl groups excluding tert-OH is 1. The summed E-state index contributed by atoms with van der Waals surface area (Å²) < 4.78 is 5.15. The van der Waals surface area contributed by atoms with Crippen LogP contribution in [-0.4, -0.2) is 49.5 Å². The second kappa shape index (κ2) is 5.58. The molecule has 0 aromatic carbocycles. The summed E-state index contributed by atoms with van der Waals surface area (Å²) in [6.45, 7) is 5.72. The number of aliphatic hydroxyl groups is 1. The van der Waals surface area contributed by atoms with Gasteiger partial charge >= 0.3 is 0 Å². The summed E-state index contributed by atoms with van der Waals surface area (Å²) in [4.78, 5) is 2.33. The SMILES string of the molecule is COCC1CCCN(C[C@H](C)O)C1. The second-order valence-corrected chi connectivity index (χ2v) is 4.07. The van der Waals surface area contributed by atoms with E-state index in [1.165, 1.54) is 12.8 Å². The van der Waals surface area contributed by atoms with Crippen molar-refractivity contribution in [3.63, 3.8) is 0 Å². The van der Waals surface area contributed by atoms with Gasteiger partial charge in [-0.15, -0.1) is 0 Å². The molecule has 1 saturated heterocycles. The van der Waals surface area contributed by atoms with Crippen molar-refractivity contribution in [3.05, 3.63) is 0 Å². The Morgan fingerprint density at radius 1 is 1.62 bits per heavy atom. The van der Waals surface area contributed by atoms with Crippen LogP contribution in [0.2, 0.25) is 0 Å². The lowest BCUT2D eigenvalue weighted by Gasteiger charge is -2.32. The Bertz CT molecular complexity index is 137. The van der Waals surface area contributed by atoms with E-state index in [4.69, 9.17) is 4.74 Å². The molecule has 1 heterocycles. The van der Waals surface area contributed by atoms with Crippen LogP contribution in [0.1, 0.15) is 19.8 Å². The molecule has 1 rings (SSSR count). The van der Waals surface area contributed by atoms with Gasteiger partial charge in [-0.05, 0) is 32.2 Å². The van der Waals surface area contributed by atoms with Gasteiger partial charge in [0.05, 0.1) is 12.7 Å².